The highest BCUT2D eigenvalue weighted by Gasteiger charge is 2.36. The van der Waals surface area contributed by atoms with Gasteiger partial charge in [-0.25, -0.2) is 0 Å². The van der Waals surface area contributed by atoms with E-state index in [0.29, 0.717) is 6.61 Å². The van der Waals surface area contributed by atoms with E-state index < -0.39 is 0 Å². The molecule has 2 fully saturated rings. The SMILES string of the molecule is COCC(C)OC1(CNC2CC2)CCCCC1. The van der Waals surface area contributed by atoms with Gasteiger partial charge in [-0.1, -0.05) is 19.3 Å². The summed E-state index contributed by atoms with van der Waals surface area (Å²) in [6.45, 7) is 3.86. The molecule has 0 heterocycles. The van der Waals surface area contributed by atoms with Crippen LogP contribution in [0, 0.1) is 0 Å². The van der Waals surface area contributed by atoms with Crippen LogP contribution in [-0.2, 0) is 9.47 Å². The van der Waals surface area contributed by atoms with Gasteiger partial charge in [-0.05, 0) is 32.6 Å². The Bertz CT molecular complexity index is 222. The number of methoxy groups -OCH3 is 1. The minimum Gasteiger partial charge on any atom is -0.382 e. The molecule has 0 amide bonds. The molecule has 0 aromatic heterocycles. The predicted molar refractivity (Wildman–Crippen MR) is 69.3 cm³/mol. The molecule has 1 N–H and O–H groups in total. The normalized spacial score (nSPS) is 25.8. The average molecular weight is 241 g/mol. The molecule has 2 rings (SSSR count). The van der Waals surface area contributed by atoms with E-state index in [0.717, 1.165) is 12.6 Å². The second kappa shape index (κ2) is 6.17. The summed E-state index contributed by atoms with van der Waals surface area (Å²) in [5, 5.41) is 3.65. The molecule has 0 aromatic rings. The van der Waals surface area contributed by atoms with E-state index in [9.17, 15) is 0 Å². The van der Waals surface area contributed by atoms with Crippen molar-refractivity contribution in [3.63, 3.8) is 0 Å². The van der Waals surface area contributed by atoms with Gasteiger partial charge in [0.2, 0.25) is 0 Å². The molecule has 0 aromatic carbocycles. The zero-order valence-corrected chi connectivity index (χ0v) is 11.3. The average Bonchev–Trinajstić information content (AvgIpc) is 3.12. The highest BCUT2D eigenvalue weighted by Crippen LogP contribution is 2.33. The lowest BCUT2D eigenvalue weighted by atomic mass is 9.84. The Labute approximate surface area is 105 Å². The van der Waals surface area contributed by atoms with Gasteiger partial charge in [0, 0.05) is 19.7 Å². The first-order valence-electron chi connectivity index (χ1n) is 7.14. The minimum atomic E-state index is 0.0821. The van der Waals surface area contributed by atoms with Crippen molar-refractivity contribution in [2.24, 2.45) is 0 Å². The molecule has 1 atom stereocenters. The van der Waals surface area contributed by atoms with Gasteiger partial charge in [0.05, 0.1) is 18.3 Å². The van der Waals surface area contributed by atoms with Gasteiger partial charge in [-0.3, -0.25) is 0 Å². The Balaban J connectivity index is 1.84. The van der Waals surface area contributed by atoms with Crippen LogP contribution in [0.15, 0.2) is 0 Å². The van der Waals surface area contributed by atoms with Crippen molar-refractivity contribution < 1.29 is 9.47 Å². The highest BCUT2D eigenvalue weighted by molar-refractivity contribution is 4.91. The monoisotopic (exact) mass is 241 g/mol. The summed E-state index contributed by atoms with van der Waals surface area (Å²) < 4.78 is 11.5. The fourth-order valence-corrected chi connectivity index (χ4v) is 2.85. The minimum absolute atomic E-state index is 0.0821. The van der Waals surface area contributed by atoms with Gasteiger partial charge in [-0.15, -0.1) is 0 Å². The van der Waals surface area contributed by atoms with Crippen LogP contribution >= 0.6 is 0 Å². The number of hydrogen-bond donors (Lipinski definition) is 1. The first-order chi connectivity index (χ1) is 8.24. The Morgan fingerprint density at radius 2 is 1.94 bits per heavy atom. The highest BCUT2D eigenvalue weighted by atomic mass is 16.5. The molecule has 1 unspecified atom stereocenters. The van der Waals surface area contributed by atoms with Gasteiger partial charge >= 0.3 is 0 Å². The molecule has 0 spiro atoms. The summed E-state index contributed by atoms with van der Waals surface area (Å²) >= 11 is 0. The van der Waals surface area contributed by atoms with Crippen molar-refractivity contribution in [2.75, 3.05) is 20.3 Å². The Morgan fingerprint density at radius 3 is 2.53 bits per heavy atom. The summed E-state index contributed by atoms with van der Waals surface area (Å²) in [4.78, 5) is 0. The Morgan fingerprint density at radius 1 is 1.24 bits per heavy atom. The van der Waals surface area contributed by atoms with Gasteiger partial charge in [0.25, 0.3) is 0 Å². The quantitative estimate of drug-likeness (QED) is 0.743. The second-order valence-corrected chi connectivity index (χ2v) is 5.78. The van der Waals surface area contributed by atoms with Crippen LogP contribution in [0.1, 0.15) is 51.9 Å². The molecule has 3 heteroatoms. The molecule has 0 radical (unpaired) electrons. The van der Waals surface area contributed by atoms with Crippen LogP contribution < -0.4 is 5.32 Å². The maximum atomic E-state index is 6.31. The number of hydrogen-bond acceptors (Lipinski definition) is 3. The number of ether oxygens (including phenoxy) is 2. The van der Waals surface area contributed by atoms with Gasteiger partial charge < -0.3 is 14.8 Å². The summed E-state index contributed by atoms with van der Waals surface area (Å²) in [5.41, 5.74) is 0.0821. The Kier molecular flexibility index (Phi) is 4.83. The fraction of sp³-hybridized carbons (Fsp3) is 1.00. The topological polar surface area (TPSA) is 30.5 Å². The lowest BCUT2D eigenvalue weighted by molar-refractivity contribution is -0.122. The first-order valence-corrected chi connectivity index (χ1v) is 7.14. The van der Waals surface area contributed by atoms with Gasteiger partial charge in [0.1, 0.15) is 0 Å². The lowest BCUT2D eigenvalue weighted by Gasteiger charge is -2.39. The number of rotatable bonds is 7. The third kappa shape index (κ3) is 4.23. The summed E-state index contributed by atoms with van der Waals surface area (Å²) in [6, 6.07) is 0.773. The Hall–Kier alpha value is -0.120. The smallest absolute Gasteiger partial charge is 0.0811 e. The fourth-order valence-electron chi connectivity index (χ4n) is 2.85. The molecule has 3 nitrogen and oxygen atoms in total. The van der Waals surface area contributed by atoms with Crippen molar-refractivity contribution in [1.82, 2.24) is 5.32 Å². The predicted octanol–water partition coefficient (Wildman–Crippen LogP) is 2.49. The summed E-state index contributed by atoms with van der Waals surface area (Å²) in [7, 11) is 1.75. The molecule has 0 aliphatic heterocycles. The zero-order chi connectivity index (χ0) is 12.1. The maximum absolute atomic E-state index is 6.31. The van der Waals surface area contributed by atoms with E-state index in [1.165, 1.54) is 44.9 Å². The van der Waals surface area contributed by atoms with E-state index in [2.05, 4.69) is 12.2 Å². The molecule has 2 aliphatic rings. The van der Waals surface area contributed by atoms with Gasteiger partial charge in [0.15, 0.2) is 0 Å². The van der Waals surface area contributed by atoms with E-state index in [-0.39, 0.29) is 11.7 Å². The summed E-state index contributed by atoms with van der Waals surface area (Å²) in [5.74, 6) is 0. The molecule has 17 heavy (non-hydrogen) atoms. The third-order valence-electron chi connectivity index (χ3n) is 3.91. The van der Waals surface area contributed by atoms with E-state index in [4.69, 9.17) is 9.47 Å². The molecular weight excluding hydrogens is 214 g/mol. The van der Waals surface area contributed by atoms with Crippen molar-refractivity contribution in [1.29, 1.82) is 0 Å². The van der Waals surface area contributed by atoms with Crippen molar-refractivity contribution in [3.05, 3.63) is 0 Å². The van der Waals surface area contributed by atoms with Crippen molar-refractivity contribution in [2.45, 2.75) is 69.6 Å². The molecular formula is C14H27NO2. The summed E-state index contributed by atoms with van der Waals surface area (Å²) in [6.07, 6.45) is 9.32. The molecule has 0 bridgehead atoms. The van der Waals surface area contributed by atoms with Crippen molar-refractivity contribution in [3.8, 4) is 0 Å². The van der Waals surface area contributed by atoms with Crippen LogP contribution in [0.25, 0.3) is 0 Å². The number of nitrogens with one attached hydrogen (secondary N) is 1. The largest absolute Gasteiger partial charge is 0.382 e. The lowest BCUT2D eigenvalue weighted by Crippen LogP contribution is -2.47. The zero-order valence-electron chi connectivity index (χ0n) is 11.3. The van der Waals surface area contributed by atoms with Crippen LogP contribution in [-0.4, -0.2) is 38.0 Å². The molecule has 0 saturated heterocycles. The standard InChI is InChI=1S/C14H27NO2/c1-12(10-16-2)17-14(8-4-3-5-9-14)11-15-13-6-7-13/h12-13,15H,3-11H2,1-2H3. The van der Waals surface area contributed by atoms with E-state index >= 15 is 0 Å². The molecule has 2 aliphatic carbocycles. The van der Waals surface area contributed by atoms with Crippen molar-refractivity contribution >= 4 is 0 Å². The molecule has 2 saturated carbocycles. The van der Waals surface area contributed by atoms with E-state index in [1.54, 1.807) is 7.11 Å². The second-order valence-electron chi connectivity index (χ2n) is 5.78. The molecule has 100 valence electrons. The maximum Gasteiger partial charge on any atom is 0.0811 e. The van der Waals surface area contributed by atoms with Crippen LogP contribution in [0.2, 0.25) is 0 Å². The van der Waals surface area contributed by atoms with E-state index in [1.807, 2.05) is 0 Å². The van der Waals surface area contributed by atoms with Crippen LogP contribution in [0.5, 0.6) is 0 Å². The third-order valence-corrected chi connectivity index (χ3v) is 3.91. The van der Waals surface area contributed by atoms with Crippen LogP contribution in [0.4, 0.5) is 0 Å². The van der Waals surface area contributed by atoms with Gasteiger partial charge in [-0.2, -0.15) is 0 Å². The first kappa shape index (κ1) is 13.3. The van der Waals surface area contributed by atoms with Crippen LogP contribution in [0.3, 0.4) is 0 Å².